The van der Waals surface area contributed by atoms with Crippen molar-refractivity contribution in [2.45, 2.75) is 135 Å². The molecule has 0 saturated carbocycles. The molecule has 0 aromatic rings. The lowest BCUT2D eigenvalue weighted by atomic mass is 10.0. The largest absolute Gasteiger partial charge is 0.421 e. The maximum atomic E-state index is 5.91. The van der Waals surface area contributed by atoms with Gasteiger partial charge in [0.05, 0.1) is 5.73 Å². The van der Waals surface area contributed by atoms with Crippen molar-refractivity contribution in [3.63, 3.8) is 0 Å². The van der Waals surface area contributed by atoms with E-state index >= 15 is 0 Å². The second kappa shape index (κ2) is 19.9. The molecule has 0 spiro atoms. The van der Waals surface area contributed by atoms with Gasteiger partial charge in [0.2, 0.25) is 0 Å². The molecular formula is C23H48O2Si. The van der Waals surface area contributed by atoms with Crippen LogP contribution in [-0.4, -0.2) is 28.7 Å². The zero-order valence-corrected chi connectivity index (χ0v) is 19.4. The molecule has 0 N–H and O–H groups in total. The summed E-state index contributed by atoms with van der Waals surface area (Å²) in [5.41, 5.74) is 0.518. The molecule has 0 aliphatic carbocycles. The Bertz CT molecular complexity index is 267. The van der Waals surface area contributed by atoms with Gasteiger partial charge in [-0.05, 0) is 25.7 Å². The van der Waals surface area contributed by atoms with Gasteiger partial charge < -0.3 is 9.16 Å². The molecule has 1 saturated heterocycles. The lowest BCUT2D eigenvalue weighted by molar-refractivity contribution is 0.0549. The molecule has 0 radical (unpaired) electrons. The lowest BCUT2D eigenvalue weighted by Crippen LogP contribution is -2.27. The number of ether oxygens (including phenoxy) is 1. The molecule has 26 heavy (non-hydrogen) atoms. The van der Waals surface area contributed by atoms with Gasteiger partial charge >= 0.3 is 0 Å². The topological polar surface area (TPSA) is 18.5 Å². The van der Waals surface area contributed by atoms with E-state index in [0.29, 0.717) is 5.73 Å². The van der Waals surface area contributed by atoms with E-state index in [0.717, 1.165) is 13.2 Å². The third kappa shape index (κ3) is 16.3. The lowest BCUT2D eigenvalue weighted by Gasteiger charge is -2.21. The summed E-state index contributed by atoms with van der Waals surface area (Å²) in [5, 5.41) is 0. The molecule has 156 valence electrons. The zero-order chi connectivity index (χ0) is 18.5. The Labute approximate surface area is 167 Å². The molecule has 2 nitrogen and oxygen atoms in total. The Balaban J connectivity index is 1.65. The van der Waals surface area contributed by atoms with Crippen LogP contribution in [0.4, 0.5) is 0 Å². The predicted octanol–water partition coefficient (Wildman–Crippen LogP) is 6.87. The van der Waals surface area contributed by atoms with Crippen LogP contribution < -0.4 is 0 Å². The smallest absolute Gasteiger partial charge is 0.190 e. The molecule has 1 aliphatic heterocycles. The van der Waals surface area contributed by atoms with Crippen molar-refractivity contribution in [2.24, 2.45) is 0 Å². The summed E-state index contributed by atoms with van der Waals surface area (Å²) in [6, 6.07) is 0. The average molecular weight is 385 g/mol. The zero-order valence-electron chi connectivity index (χ0n) is 18.0. The van der Waals surface area contributed by atoms with E-state index in [4.69, 9.17) is 9.16 Å². The van der Waals surface area contributed by atoms with Gasteiger partial charge in [0, 0.05) is 13.2 Å². The first-order valence-corrected chi connectivity index (χ1v) is 13.5. The molecule has 1 aliphatic rings. The van der Waals surface area contributed by atoms with Crippen LogP contribution in [0.25, 0.3) is 0 Å². The van der Waals surface area contributed by atoms with Crippen molar-refractivity contribution >= 4 is 9.76 Å². The van der Waals surface area contributed by atoms with Gasteiger partial charge in [-0.2, -0.15) is 0 Å². The van der Waals surface area contributed by atoms with Crippen LogP contribution in [0.1, 0.15) is 129 Å². The second-order valence-electron chi connectivity index (χ2n) is 8.37. The first-order valence-electron chi connectivity index (χ1n) is 12.1. The van der Waals surface area contributed by atoms with Crippen molar-refractivity contribution in [2.75, 3.05) is 13.2 Å². The van der Waals surface area contributed by atoms with Gasteiger partial charge in [0.1, 0.15) is 0 Å². The SMILES string of the molecule is CCCCCCCCCCCCCCCCCCO[SiH2]C1CCCCO1. The monoisotopic (exact) mass is 384 g/mol. The van der Waals surface area contributed by atoms with Gasteiger partial charge in [-0.1, -0.05) is 103 Å². The number of unbranched alkanes of at least 4 members (excludes halogenated alkanes) is 15. The fourth-order valence-electron chi connectivity index (χ4n) is 3.91. The summed E-state index contributed by atoms with van der Waals surface area (Å²) in [7, 11) is -0.423. The van der Waals surface area contributed by atoms with Gasteiger partial charge in [-0.3, -0.25) is 0 Å². The van der Waals surface area contributed by atoms with Crippen molar-refractivity contribution in [3.8, 4) is 0 Å². The quantitative estimate of drug-likeness (QED) is 0.178. The van der Waals surface area contributed by atoms with Crippen LogP contribution in [0.5, 0.6) is 0 Å². The highest BCUT2D eigenvalue weighted by atomic mass is 28.2. The van der Waals surface area contributed by atoms with Crippen molar-refractivity contribution < 1.29 is 9.16 Å². The average Bonchev–Trinajstić information content (AvgIpc) is 2.68. The van der Waals surface area contributed by atoms with E-state index in [1.807, 2.05) is 0 Å². The Morgan fingerprint density at radius 3 is 1.65 bits per heavy atom. The van der Waals surface area contributed by atoms with Gasteiger partial charge in [0.15, 0.2) is 9.76 Å². The molecule has 0 aromatic carbocycles. The Morgan fingerprint density at radius 2 is 1.19 bits per heavy atom. The number of hydrogen-bond donors (Lipinski definition) is 0. The van der Waals surface area contributed by atoms with Crippen molar-refractivity contribution in [1.29, 1.82) is 0 Å². The standard InChI is InChI=1S/C23H48O2Si/c1-2-3-4-5-6-7-8-9-10-11-12-13-14-15-16-18-22-25-26-23-20-17-19-21-24-23/h23H,2-22,26H2,1H3. The van der Waals surface area contributed by atoms with Crippen LogP contribution in [0, 0.1) is 0 Å². The van der Waals surface area contributed by atoms with Crippen molar-refractivity contribution in [3.05, 3.63) is 0 Å². The maximum Gasteiger partial charge on any atom is 0.190 e. The minimum Gasteiger partial charge on any atom is -0.421 e. The van der Waals surface area contributed by atoms with E-state index in [2.05, 4.69) is 6.92 Å². The molecule has 3 heteroatoms. The van der Waals surface area contributed by atoms with Gasteiger partial charge in [0.25, 0.3) is 0 Å². The summed E-state index contributed by atoms with van der Waals surface area (Å²) >= 11 is 0. The van der Waals surface area contributed by atoms with Crippen molar-refractivity contribution in [1.82, 2.24) is 0 Å². The Hall–Kier alpha value is 0.137. The highest BCUT2D eigenvalue weighted by Gasteiger charge is 2.14. The van der Waals surface area contributed by atoms with Gasteiger partial charge in [-0.25, -0.2) is 0 Å². The fourth-order valence-corrected chi connectivity index (χ4v) is 5.26. The first kappa shape index (κ1) is 24.2. The molecule has 1 atom stereocenters. The molecular weight excluding hydrogens is 336 g/mol. The van der Waals surface area contributed by atoms with E-state index in [9.17, 15) is 0 Å². The molecule has 1 heterocycles. The second-order valence-corrected chi connectivity index (χ2v) is 10.0. The molecule has 0 amide bonds. The highest BCUT2D eigenvalue weighted by molar-refractivity contribution is 6.29. The summed E-state index contributed by atoms with van der Waals surface area (Å²) in [6.45, 7) is 4.26. The minimum absolute atomic E-state index is 0.423. The summed E-state index contributed by atoms with van der Waals surface area (Å²) in [4.78, 5) is 0. The Morgan fingerprint density at radius 1 is 0.692 bits per heavy atom. The van der Waals surface area contributed by atoms with Crippen LogP contribution in [0.3, 0.4) is 0 Å². The first-order chi connectivity index (χ1) is 12.9. The Kier molecular flexibility index (Phi) is 18.5. The van der Waals surface area contributed by atoms with E-state index in [1.165, 1.54) is 122 Å². The van der Waals surface area contributed by atoms with Crippen LogP contribution in [0.15, 0.2) is 0 Å². The third-order valence-electron chi connectivity index (χ3n) is 5.72. The number of hydrogen-bond acceptors (Lipinski definition) is 2. The van der Waals surface area contributed by atoms with E-state index in [1.54, 1.807) is 0 Å². The predicted molar refractivity (Wildman–Crippen MR) is 118 cm³/mol. The normalized spacial score (nSPS) is 18.1. The van der Waals surface area contributed by atoms with Gasteiger partial charge in [-0.15, -0.1) is 0 Å². The minimum atomic E-state index is -0.423. The van der Waals surface area contributed by atoms with E-state index < -0.39 is 9.76 Å². The van der Waals surface area contributed by atoms with Crippen LogP contribution >= 0.6 is 0 Å². The van der Waals surface area contributed by atoms with Crippen LogP contribution in [-0.2, 0) is 9.16 Å². The maximum absolute atomic E-state index is 5.91. The van der Waals surface area contributed by atoms with E-state index in [-0.39, 0.29) is 0 Å². The summed E-state index contributed by atoms with van der Waals surface area (Å²) in [5.74, 6) is 0. The molecule has 1 unspecified atom stereocenters. The molecule has 0 aromatic heterocycles. The summed E-state index contributed by atoms with van der Waals surface area (Å²) in [6.07, 6.45) is 26.8. The summed E-state index contributed by atoms with van der Waals surface area (Å²) < 4.78 is 11.7. The number of rotatable bonds is 19. The van der Waals surface area contributed by atoms with Crippen LogP contribution in [0.2, 0.25) is 0 Å². The molecule has 1 rings (SSSR count). The fraction of sp³-hybridized carbons (Fsp3) is 1.00. The third-order valence-corrected chi connectivity index (χ3v) is 7.26. The molecule has 0 bridgehead atoms. The molecule has 1 fully saturated rings. The highest BCUT2D eigenvalue weighted by Crippen LogP contribution is 2.14.